The van der Waals surface area contributed by atoms with Gasteiger partial charge in [-0.3, -0.25) is 9.97 Å². The van der Waals surface area contributed by atoms with Crippen molar-refractivity contribution in [1.29, 1.82) is 0 Å². The van der Waals surface area contributed by atoms with E-state index in [2.05, 4.69) is 32.9 Å². The zero-order valence-corrected chi connectivity index (χ0v) is 21.8. The highest BCUT2D eigenvalue weighted by Gasteiger charge is 2.73. The number of hydrogen-bond acceptors (Lipinski definition) is 9. The van der Waals surface area contributed by atoms with Crippen LogP contribution in [0.25, 0.3) is 11.3 Å². The molecule has 0 radical (unpaired) electrons. The monoisotopic (exact) mass is 579 g/mol. The molecule has 1 aliphatic heterocycles. The molecule has 2 unspecified atom stereocenters. The number of benzene rings is 1. The largest absolute Gasteiger partial charge is 0.392 e. The zero-order valence-electron chi connectivity index (χ0n) is 20.1. The number of methoxy groups -OCH3 is 1. The predicted molar refractivity (Wildman–Crippen MR) is 135 cm³/mol. The maximum absolute atomic E-state index is 14.1. The molecule has 0 aliphatic carbocycles. The van der Waals surface area contributed by atoms with Gasteiger partial charge in [-0.1, -0.05) is 28.9 Å². The fourth-order valence-electron chi connectivity index (χ4n) is 5.14. The molecule has 1 fully saturated rings. The fraction of sp³-hybridized carbons (Fsp3) is 0.280. The topological polar surface area (TPSA) is 115 Å². The molecule has 14 heteroatoms. The van der Waals surface area contributed by atoms with E-state index >= 15 is 0 Å². The van der Waals surface area contributed by atoms with Crippen LogP contribution in [0.5, 0.6) is 0 Å². The van der Waals surface area contributed by atoms with Gasteiger partial charge in [-0.05, 0) is 24.3 Å². The minimum Gasteiger partial charge on any atom is -0.392 e. The van der Waals surface area contributed by atoms with E-state index in [-0.39, 0.29) is 16.8 Å². The Labute approximate surface area is 230 Å². The normalized spacial score (nSPS) is 28.9. The summed E-state index contributed by atoms with van der Waals surface area (Å²) in [5, 5.41) is 28.4. The summed E-state index contributed by atoms with van der Waals surface area (Å²) in [4.78, 5) is 8.39. The summed E-state index contributed by atoms with van der Waals surface area (Å²) < 4.78 is 55.0. The Hall–Kier alpha value is -3.07. The molecule has 5 atom stereocenters. The molecule has 39 heavy (non-hydrogen) atoms. The minimum absolute atomic E-state index is 0.0779. The first-order valence-corrected chi connectivity index (χ1v) is 12.3. The van der Waals surface area contributed by atoms with Crippen molar-refractivity contribution in [2.75, 3.05) is 13.7 Å². The summed E-state index contributed by atoms with van der Waals surface area (Å²) in [7, 11) is 1.35. The van der Waals surface area contributed by atoms with Crippen LogP contribution < -0.4 is 0 Å². The highest BCUT2D eigenvalue weighted by atomic mass is 35.5. The van der Waals surface area contributed by atoms with E-state index < -0.39 is 51.8 Å². The smallest absolute Gasteiger partial charge is 0.194 e. The summed E-state index contributed by atoms with van der Waals surface area (Å²) in [5.41, 5.74) is -4.59. The zero-order chi connectivity index (χ0) is 28.0. The molecule has 0 amide bonds. The van der Waals surface area contributed by atoms with Crippen LogP contribution in [0, 0.1) is 17.5 Å². The third kappa shape index (κ3) is 3.95. The van der Waals surface area contributed by atoms with Crippen LogP contribution in [-0.4, -0.2) is 65.5 Å². The number of ether oxygens (including phenoxy) is 2. The number of thiol groups is 1. The maximum Gasteiger partial charge on any atom is 0.194 e. The van der Waals surface area contributed by atoms with Crippen LogP contribution >= 0.6 is 24.2 Å². The van der Waals surface area contributed by atoms with E-state index in [1.807, 2.05) is 0 Å². The quantitative estimate of drug-likeness (QED) is 0.181. The van der Waals surface area contributed by atoms with Crippen molar-refractivity contribution < 1.29 is 32.9 Å². The number of hydrogen-bond donors (Lipinski definition) is 3. The first kappa shape index (κ1) is 27.5. The number of nitrogens with zero attached hydrogens (tertiary/aromatic N) is 5. The lowest BCUT2D eigenvalue weighted by Crippen LogP contribution is -2.75. The Kier molecular flexibility index (Phi) is 7.16. The second kappa shape index (κ2) is 10.2. The van der Waals surface area contributed by atoms with Gasteiger partial charge < -0.3 is 19.7 Å². The number of aliphatic hydroxyl groups excluding tert-OH is 2. The molecule has 1 saturated heterocycles. The van der Waals surface area contributed by atoms with Gasteiger partial charge in [0.2, 0.25) is 0 Å². The summed E-state index contributed by atoms with van der Waals surface area (Å²) in [6.45, 7) is -0.864. The van der Waals surface area contributed by atoms with Gasteiger partial charge in [-0.15, -0.1) is 17.7 Å². The summed E-state index contributed by atoms with van der Waals surface area (Å²) in [6, 6.07) is 8.00. The highest BCUT2D eigenvalue weighted by Crippen LogP contribution is 2.59. The Morgan fingerprint density at radius 2 is 1.72 bits per heavy atom. The molecule has 0 saturated carbocycles. The minimum atomic E-state index is -2.15. The van der Waals surface area contributed by atoms with Crippen LogP contribution in [0.2, 0.25) is 0 Å². The van der Waals surface area contributed by atoms with Gasteiger partial charge >= 0.3 is 0 Å². The summed E-state index contributed by atoms with van der Waals surface area (Å²) in [5.74, 6) is -4.49. The van der Waals surface area contributed by atoms with Gasteiger partial charge in [0.1, 0.15) is 17.2 Å². The molecule has 0 spiro atoms. The molecule has 3 aromatic heterocycles. The van der Waals surface area contributed by atoms with E-state index in [1.165, 1.54) is 42.8 Å². The number of rotatable bonds is 6. The van der Waals surface area contributed by atoms with Crippen molar-refractivity contribution in [1.82, 2.24) is 25.0 Å². The second-order valence-corrected chi connectivity index (χ2v) is 9.92. The van der Waals surface area contributed by atoms with E-state index in [4.69, 9.17) is 21.1 Å². The van der Waals surface area contributed by atoms with Crippen LogP contribution in [0.1, 0.15) is 11.1 Å². The van der Waals surface area contributed by atoms with Crippen molar-refractivity contribution in [3.63, 3.8) is 0 Å². The molecule has 4 aromatic rings. The third-order valence-corrected chi connectivity index (χ3v) is 7.77. The number of alkyl halides is 1. The van der Waals surface area contributed by atoms with Crippen LogP contribution in [0.3, 0.4) is 0 Å². The van der Waals surface area contributed by atoms with Crippen LogP contribution in [0.15, 0.2) is 67.4 Å². The van der Waals surface area contributed by atoms with Crippen molar-refractivity contribution in [2.45, 2.75) is 27.7 Å². The Bertz CT molecular complexity index is 1470. The lowest BCUT2D eigenvalue weighted by Gasteiger charge is -2.60. The summed E-state index contributed by atoms with van der Waals surface area (Å²) in [6.07, 6.45) is 5.34. The van der Waals surface area contributed by atoms with Crippen LogP contribution in [0.4, 0.5) is 13.2 Å². The van der Waals surface area contributed by atoms with Crippen molar-refractivity contribution in [2.24, 2.45) is 0 Å². The molecular formula is C25H21ClF3N5O4S. The first-order chi connectivity index (χ1) is 18.7. The average Bonchev–Trinajstić information content (AvgIpc) is 3.45. The number of aromatic nitrogens is 5. The molecule has 9 nitrogen and oxygen atoms in total. The fourth-order valence-corrected chi connectivity index (χ4v) is 6.09. The third-order valence-electron chi connectivity index (χ3n) is 6.89. The first-order valence-electron chi connectivity index (χ1n) is 11.4. The molecule has 2 N–H and O–H groups in total. The van der Waals surface area contributed by atoms with Gasteiger partial charge in [0, 0.05) is 48.6 Å². The molecule has 204 valence electrons. The Morgan fingerprint density at radius 3 is 2.26 bits per heavy atom. The lowest BCUT2D eigenvalue weighted by atomic mass is 9.65. The number of halogens is 4. The highest BCUT2D eigenvalue weighted by molar-refractivity contribution is 7.80. The van der Waals surface area contributed by atoms with E-state index in [0.717, 1.165) is 12.1 Å². The molecular weight excluding hydrogens is 559 g/mol. The molecule has 5 rings (SSSR count). The van der Waals surface area contributed by atoms with Crippen molar-refractivity contribution in [3.05, 3.63) is 96.0 Å². The summed E-state index contributed by atoms with van der Waals surface area (Å²) >= 11 is 11.3. The van der Waals surface area contributed by atoms with Gasteiger partial charge in [0.15, 0.2) is 33.7 Å². The average molecular weight is 580 g/mol. The maximum atomic E-state index is 14.1. The van der Waals surface area contributed by atoms with Gasteiger partial charge in [-0.2, -0.15) is 0 Å². The van der Waals surface area contributed by atoms with E-state index in [1.54, 1.807) is 24.3 Å². The number of aliphatic hydroxyl groups is 2. The number of pyridine rings is 2. The molecule has 1 aliphatic rings. The Morgan fingerprint density at radius 1 is 1.10 bits per heavy atom. The standard InChI is InChI=1S/C25H21ClF3N5O4S/c1-37-25(16-5-3-7-31-11-16)22(39)38-23(26,13-35)21(36)24(25,15-4-2-6-30-10-15)34-12-19(32-33-34)14-8-17(27)20(29)18(28)9-14/h2-12,21-22,35-36,39H,13H2,1H3/t21-,22+,23?,24-,25?/m1/s1. The van der Waals surface area contributed by atoms with E-state index in [9.17, 15) is 23.4 Å². The van der Waals surface area contributed by atoms with E-state index in [0.29, 0.717) is 5.56 Å². The SMILES string of the molecule is COC1(c2cccnc2)[C@H](S)OC(Cl)(CO)[C@@H](O)[C@@]1(c1cccnc1)n1cc(-c2cc(F)c(F)c(F)c2)nn1. The molecule has 1 aromatic carbocycles. The second-order valence-electron chi connectivity index (χ2n) is 8.81. The molecule has 0 bridgehead atoms. The van der Waals surface area contributed by atoms with Gasteiger partial charge in [0.05, 0.1) is 12.8 Å². The Balaban J connectivity index is 1.88. The van der Waals surface area contributed by atoms with Gasteiger partial charge in [0.25, 0.3) is 0 Å². The van der Waals surface area contributed by atoms with Crippen LogP contribution in [-0.2, 0) is 20.6 Å². The molecule has 4 heterocycles. The van der Waals surface area contributed by atoms with Crippen molar-refractivity contribution >= 4 is 24.2 Å². The lowest BCUT2D eigenvalue weighted by molar-refractivity contribution is -0.282. The predicted octanol–water partition coefficient (Wildman–Crippen LogP) is 3.01. The van der Waals surface area contributed by atoms with Gasteiger partial charge in [-0.25, -0.2) is 17.9 Å². The van der Waals surface area contributed by atoms with Crippen molar-refractivity contribution in [3.8, 4) is 11.3 Å².